The average Bonchev–Trinajstić information content (AvgIpc) is 3.10. The van der Waals surface area contributed by atoms with Crippen LogP contribution in [0.2, 0.25) is 0 Å². The molecular weight excluding hydrogens is 334 g/mol. The number of fused-ring (bicyclic) bond motifs is 2. The summed E-state index contributed by atoms with van der Waals surface area (Å²) in [5.41, 5.74) is 2.85. The van der Waals surface area contributed by atoms with Crippen molar-refractivity contribution in [2.75, 3.05) is 13.3 Å². The zero-order valence-corrected chi connectivity index (χ0v) is 14.5. The highest BCUT2D eigenvalue weighted by Gasteiger charge is 2.15. The molecule has 1 aromatic carbocycles. The fraction of sp³-hybridized carbons (Fsp3) is 0.421. The molecule has 7 heteroatoms. The number of carbonyl (C=O) groups excluding carboxylic acids is 1. The van der Waals surface area contributed by atoms with E-state index < -0.39 is 0 Å². The molecular formula is C19H21N3O4. The largest absolute Gasteiger partial charge is 0.454 e. The van der Waals surface area contributed by atoms with Gasteiger partial charge < -0.3 is 14.8 Å². The molecule has 0 unspecified atom stereocenters. The van der Waals surface area contributed by atoms with Crippen LogP contribution in [0, 0.1) is 0 Å². The van der Waals surface area contributed by atoms with E-state index in [0.717, 1.165) is 42.5 Å². The third-order valence-corrected chi connectivity index (χ3v) is 4.72. The number of aryl methyl sites for hydroxylation is 2. The monoisotopic (exact) mass is 355 g/mol. The molecule has 0 bridgehead atoms. The van der Waals surface area contributed by atoms with Crippen LogP contribution in [0.1, 0.15) is 29.7 Å². The van der Waals surface area contributed by atoms with Crippen molar-refractivity contribution in [3.63, 3.8) is 0 Å². The van der Waals surface area contributed by atoms with E-state index in [4.69, 9.17) is 9.47 Å². The topological polar surface area (TPSA) is 82.4 Å². The van der Waals surface area contributed by atoms with Crippen molar-refractivity contribution in [2.45, 2.75) is 38.6 Å². The third-order valence-electron chi connectivity index (χ3n) is 4.72. The maximum atomic E-state index is 12.1. The number of carbonyl (C=O) groups is 1. The van der Waals surface area contributed by atoms with Gasteiger partial charge in [-0.2, -0.15) is 5.10 Å². The Morgan fingerprint density at radius 3 is 2.92 bits per heavy atom. The Morgan fingerprint density at radius 1 is 1.15 bits per heavy atom. The van der Waals surface area contributed by atoms with Crippen LogP contribution in [0.4, 0.5) is 0 Å². The van der Waals surface area contributed by atoms with Crippen molar-refractivity contribution in [1.82, 2.24) is 15.1 Å². The van der Waals surface area contributed by atoms with Gasteiger partial charge in [0, 0.05) is 12.6 Å². The summed E-state index contributed by atoms with van der Waals surface area (Å²) in [6, 6.07) is 7.16. The molecule has 0 saturated heterocycles. The Bertz CT molecular complexity index is 891. The van der Waals surface area contributed by atoms with Crippen molar-refractivity contribution in [2.24, 2.45) is 0 Å². The molecule has 2 aromatic rings. The summed E-state index contributed by atoms with van der Waals surface area (Å²) in [6.45, 7) is 0.960. The number of amides is 1. The lowest BCUT2D eigenvalue weighted by Crippen LogP contribution is -2.33. The van der Waals surface area contributed by atoms with Gasteiger partial charge in [-0.05, 0) is 48.9 Å². The molecule has 1 amide bonds. The Kier molecular flexibility index (Phi) is 4.60. The summed E-state index contributed by atoms with van der Waals surface area (Å²) < 4.78 is 12.0. The van der Waals surface area contributed by atoms with Gasteiger partial charge in [-0.15, -0.1) is 0 Å². The zero-order valence-electron chi connectivity index (χ0n) is 14.5. The maximum absolute atomic E-state index is 12.1. The van der Waals surface area contributed by atoms with Crippen LogP contribution < -0.4 is 20.3 Å². The quantitative estimate of drug-likeness (QED) is 0.872. The van der Waals surface area contributed by atoms with E-state index in [1.54, 1.807) is 6.07 Å². The second kappa shape index (κ2) is 7.19. The Labute approximate surface area is 150 Å². The lowest BCUT2D eigenvalue weighted by Gasteiger charge is -2.16. The number of hydrogen-bond acceptors (Lipinski definition) is 5. The second-order valence-corrected chi connectivity index (χ2v) is 6.60. The molecule has 7 nitrogen and oxygen atoms in total. The van der Waals surface area contributed by atoms with Crippen LogP contribution in [0.25, 0.3) is 0 Å². The van der Waals surface area contributed by atoms with E-state index in [-0.39, 0.29) is 24.7 Å². The number of nitrogens with zero attached hydrogens (tertiary/aromatic N) is 2. The number of rotatable bonds is 5. The van der Waals surface area contributed by atoms with Crippen LogP contribution in [-0.2, 0) is 30.6 Å². The summed E-state index contributed by atoms with van der Waals surface area (Å²) in [6.07, 6.45) is 4.35. The van der Waals surface area contributed by atoms with Gasteiger partial charge in [0.2, 0.25) is 12.7 Å². The first kappa shape index (κ1) is 16.6. The van der Waals surface area contributed by atoms with Crippen LogP contribution >= 0.6 is 0 Å². The van der Waals surface area contributed by atoms with Crippen LogP contribution in [0.15, 0.2) is 29.1 Å². The van der Waals surface area contributed by atoms with Crippen LogP contribution in [0.3, 0.4) is 0 Å². The number of ether oxygens (including phenoxy) is 2. The van der Waals surface area contributed by atoms with E-state index >= 15 is 0 Å². The fourth-order valence-electron chi connectivity index (χ4n) is 3.36. The first-order valence-electron chi connectivity index (χ1n) is 8.94. The molecule has 26 heavy (non-hydrogen) atoms. The Morgan fingerprint density at radius 2 is 2.00 bits per heavy atom. The molecule has 0 spiro atoms. The maximum Gasteiger partial charge on any atom is 0.267 e. The van der Waals surface area contributed by atoms with Crippen LogP contribution in [0.5, 0.6) is 11.5 Å². The predicted octanol–water partition coefficient (Wildman–Crippen LogP) is 1.21. The molecule has 1 aromatic heterocycles. The number of hydrogen-bond donors (Lipinski definition) is 1. The van der Waals surface area contributed by atoms with Gasteiger partial charge in [0.25, 0.3) is 5.56 Å². The number of aromatic nitrogens is 2. The molecule has 1 N–H and O–H groups in total. The van der Waals surface area contributed by atoms with Gasteiger partial charge in [-0.1, -0.05) is 6.07 Å². The minimum atomic E-state index is -0.102. The molecule has 4 rings (SSSR count). The Hall–Kier alpha value is -2.83. The third kappa shape index (κ3) is 3.56. The number of benzene rings is 1. The minimum Gasteiger partial charge on any atom is -0.454 e. The van der Waals surface area contributed by atoms with Gasteiger partial charge in [0.05, 0.1) is 18.7 Å². The summed E-state index contributed by atoms with van der Waals surface area (Å²) in [7, 11) is 0. The first-order chi connectivity index (χ1) is 12.7. The molecule has 2 heterocycles. The lowest BCUT2D eigenvalue weighted by atomic mass is 9.97. The summed E-state index contributed by atoms with van der Waals surface area (Å²) in [4.78, 5) is 24.3. The molecule has 136 valence electrons. The van der Waals surface area contributed by atoms with Crippen LogP contribution in [-0.4, -0.2) is 29.0 Å². The van der Waals surface area contributed by atoms with Crippen molar-refractivity contribution in [3.8, 4) is 11.5 Å². The molecule has 0 fully saturated rings. The van der Waals surface area contributed by atoms with Crippen molar-refractivity contribution in [1.29, 1.82) is 0 Å². The summed E-state index contributed by atoms with van der Waals surface area (Å²) in [5, 5.41) is 7.30. The van der Waals surface area contributed by atoms with Gasteiger partial charge in [0.15, 0.2) is 11.5 Å². The van der Waals surface area contributed by atoms with E-state index in [1.807, 2.05) is 18.2 Å². The highest BCUT2D eigenvalue weighted by atomic mass is 16.7. The highest BCUT2D eigenvalue weighted by molar-refractivity contribution is 5.78. The van der Waals surface area contributed by atoms with Crippen molar-refractivity contribution < 1.29 is 14.3 Å². The van der Waals surface area contributed by atoms with Gasteiger partial charge >= 0.3 is 0 Å². The van der Waals surface area contributed by atoms with Gasteiger partial charge in [-0.25, -0.2) is 4.68 Å². The molecule has 1 aliphatic heterocycles. The first-order valence-corrected chi connectivity index (χ1v) is 8.94. The molecule has 0 saturated carbocycles. The SMILES string of the molecule is O=C(Cc1ccc2c(c1)OCO2)NCCn1nc2c(cc1=O)CCCC2. The van der Waals surface area contributed by atoms with Gasteiger partial charge in [0.1, 0.15) is 0 Å². The van der Waals surface area contributed by atoms with E-state index in [1.165, 1.54) is 4.68 Å². The van der Waals surface area contributed by atoms with Crippen molar-refractivity contribution in [3.05, 3.63) is 51.4 Å². The van der Waals surface area contributed by atoms with E-state index in [9.17, 15) is 9.59 Å². The normalized spacial score (nSPS) is 14.8. The average molecular weight is 355 g/mol. The lowest BCUT2D eigenvalue weighted by molar-refractivity contribution is -0.120. The zero-order chi connectivity index (χ0) is 17.9. The van der Waals surface area contributed by atoms with Crippen molar-refractivity contribution >= 4 is 5.91 Å². The minimum absolute atomic E-state index is 0.101. The second-order valence-electron chi connectivity index (χ2n) is 6.60. The molecule has 1 aliphatic carbocycles. The summed E-state index contributed by atoms with van der Waals surface area (Å²) >= 11 is 0. The standard InChI is InChI=1S/C19H21N3O4/c23-18(10-13-5-6-16-17(9-13)26-12-25-16)20-7-8-22-19(24)11-14-3-1-2-4-15(14)21-22/h5-6,9,11H,1-4,7-8,10,12H2,(H,20,23). The predicted molar refractivity (Wildman–Crippen MR) is 94.4 cm³/mol. The number of nitrogens with one attached hydrogen (secondary N) is 1. The Balaban J connectivity index is 1.32. The molecule has 2 aliphatic rings. The molecule has 0 atom stereocenters. The van der Waals surface area contributed by atoms with E-state index in [2.05, 4.69) is 10.4 Å². The molecule has 0 radical (unpaired) electrons. The fourth-order valence-corrected chi connectivity index (χ4v) is 3.36. The van der Waals surface area contributed by atoms with Gasteiger partial charge in [-0.3, -0.25) is 9.59 Å². The smallest absolute Gasteiger partial charge is 0.267 e. The highest BCUT2D eigenvalue weighted by Crippen LogP contribution is 2.32. The van der Waals surface area contributed by atoms with E-state index in [0.29, 0.717) is 24.6 Å². The summed E-state index contributed by atoms with van der Waals surface area (Å²) in [5.74, 6) is 1.27.